The Morgan fingerprint density at radius 1 is 0.900 bits per heavy atom. The van der Waals surface area contributed by atoms with Crippen LogP contribution in [0.15, 0.2) is 36.4 Å². The summed E-state index contributed by atoms with van der Waals surface area (Å²) in [6.45, 7) is 4.26. The number of hydrogen-bond acceptors (Lipinski definition) is 1. The Morgan fingerprint density at radius 3 is 2.20 bits per heavy atom. The molecule has 1 nitrogen and oxygen atoms in total. The molecule has 0 amide bonds. The third-order valence-corrected chi connectivity index (χ3v) is 4.19. The Labute approximate surface area is 135 Å². The van der Waals surface area contributed by atoms with Crippen LogP contribution in [-0.4, -0.2) is 14.1 Å². The van der Waals surface area contributed by atoms with Crippen LogP contribution in [0.4, 0.5) is 5.69 Å². The Bertz CT molecular complexity index is 690. The minimum Gasteiger partial charge on any atom is -0.377 e. The van der Waals surface area contributed by atoms with Gasteiger partial charge in [-0.3, -0.25) is 0 Å². The monoisotopic (exact) mass is 375 g/mol. The van der Waals surface area contributed by atoms with E-state index in [1.807, 2.05) is 26.2 Å². The minimum absolute atomic E-state index is 1.06. The van der Waals surface area contributed by atoms with Gasteiger partial charge in [-0.05, 0) is 71.8 Å². The van der Waals surface area contributed by atoms with Crippen molar-refractivity contribution in [2.24, 2.45) is 0 Å². The highest BCUT2D eigenvalue weighted by Crippen LogP contribution is 2.19. The van der Waals surface area contributed by atoms with Crippen LogP contribution in [0.25, 0.3) is 0 Å². The van der Waals surface area contributed by atoms with Crippen LogP contribution in [0.5, 0.6) is 0 Å². The predicted molar refractivity (Wildman–Crippen MR) is 95.4 cm³/mol. The molecule has 20 heavy (non-hydrogen) atoms. The van der Waals surface area contributed by atoms with E-state index in [0.29, 0.717) is 0 Å². The van der Waals surface area contributed by atoms with Gasteiger partial charge in [0, 0.05) is 28.8 Å². The molecule has 0 aliphatic rings. The van der Waals surface area contributed by atoms with E-state index >= 15 is 0 Å². The van der Waals surface area contributed by atoms with Gasteiger partial charge in [-0.25, -0.2) is 0 Å². The lowest BCUT2D eigenvalue weighted by Gasteiger charge is -2.14. The average Bonchev–Trinajstić information content (AvgIpc) is 2.41. The molecule has 2 rings (SSSR count). The summed E-state index contributed by atoms with van der Waals surface area (Å²) in [5, 5.41) is 0. The van der Waals surface area contributed by atoms with Gasteiger partial charge in [-0.15, -0.1) is 0 Å². The highest BCUT2D eigenvalue weighted by molar-refractivity contribution is 14.1. The van der Waals surface area contributed by atoms with E-state index in [4.69, 9.17) is 0 Å². The molecule has 0 fully saturated rings. The Kier molecular flexibility index (Phi) is 4.72. The van der Waals surface area contributed by atoms with E-state index in [-0.39, 0.29) is 0 Å². The molecule has 0 radical (unpaired) electrons. The first-order valence-corrected chi connectivity index (χ1v) is 7.62. The molecule has 0 saturated carbocycles. The number of hydrogen-bond donors (Lipinski definition) is 0. The molecule has 0 aliphatic carbocycles. The molecule has 2 heteroatoms. The van der Waals surface area contributed by atoms with E-state index in [0.717, 1.165) is 16.8 Å². The number of aryl methyl sites for hydroxylation is 2. The predicted octanol–water partition coefficient (Wildman–Crippen LogP) is 4.37. The summed E-state index contributed by atoms with van der Waals surface area (Å²) in [5.41, 5.74) is 5.91. The van der Waals surface area contributed by atoms with E-state index in [9.17, 15) is 0 Å². The van der Waals surface area contributed by atoms with Crippen LogP contribution >= 0.6 is 22.6 Å². The number of para-hydroxylation sites is 1. The molecular weight excluding hydrogens is 357 g/mol. The minimum atomic E-state index is 1.06. The van der Waals surface area contributed by atoms with Gasteiger partial charge in [0.2, 0.25) is 0 Å². The molecular formula is C18H18IN. The van der Waals surface area contributed by atoms with Crippen molar-refractivity contribution >= 4 is 28.3 Å². The quantitative estimate of drug-likeness (QED) is 0.529. The van der Waals surface area contributed by atoms with Crippen LogP contribution in [0.1, 0.15) is 22.3 Å². The lowest BCUT2D eigenvalue weighted by Crippen LogP contribution is -2.10. The second-order valence-corrected chi connectivity index (χ2v) is 6.24. The van der Waals surface area contributed by atoms with Crippen molar-refractivity contribution in [2.45, 2.75) is 13.8 Å². The second-order valence-electron chi connectivity index (χ2n) is 5.08. The first-order chi connectivity index (χ1) is 9.49. The van der Waals surface area contributed by atoms with Gasteiger partial charge >= 0.3 is 0 Å². The van der Waals surface area contributed by atoms with Gasteiger partial charge < -0.3 is 4.90 Å². The Morgan fingerprint density at radius 2 is 1.50 bits per heavy atom. The Hall–Kier alpha value is -1.47. The molecule has 2 aromatic carbocycles. The zero-order valence-electron chi connectivity index (χ0n) is 12.3. The van der Waals surface area contributed by atoms with E-state index in [1.165, 1.54) is 14.7 Å². The van der Waals surface area contributed by atoms with Crippen LogP contribution in [0.3, 0.4) is 0 Å². The van der Waals surface area contributed by atoms with Gasteiger partial charge in [0.1, 0.15) is 0 Å². The van der Waals surface area contributed by atoms with Crippen molar-refractivity contribution in [1.29, 1.82) is 0 Å². The van der Waals surface area contributed by atoms with Crippen LogP contribution in [0.2, 0.25) is 0 Å². The van der Waals surface area contributed by atoms with Crippen molar-refractivity contribution in [3.63, 3.8) is 0 Å². The fourth-order valence-electron chi connectivity index (χ4n) is 1.98. The smallest absolute Gasteiger partial charge is 0.0520 e. The van der Waals surface area contributed by atoms with Gasteiger partial charge in [-0.2, -0.15) is 0 Å². The van der Waals surface area contributed by atoms with Crippen LogP contribution < -0.4 is 4.90 Å². The largest absolute Gasteiger partial charge is 0.377 e. The SMILES string of the molecule is Cc1cc(I)c(C#Cc2ccccc2N(C)C)cc1C. The van der Waals surface area contributed by atoms with Crippen LogP contribution in [0, 0.1) is 29.3 Å². The van der Waals surface area contributed by atoms with Gasteiger partial charge in [0.25, 0.3) is 0 Å². The maximum atomic E-state index is 3.31. The normalized spacial score (nSPS) is 9.85. The molecule has 0 heterocycles. The van der Waals surface area contributed by atoms with E-state index < -0.39 is 0 Å². The first kappa shape index (κ1) is 14.9. The van der Waals surface area contributed by atoms with Crippen molar-refractivity contribution in [3.8, 4) is 11.8 Å². The van der Waals surface area contributed by atoms with Gasteiger partial charge in [0.15, 0.2) is 0 Å². The fraction of sp³-hybridized carbons (Fsp3) is 0.222. The molecule has 0 aliphatic heterocycles. The summed E-state index contributed by atoms with van der Waals surface area (Å²) in [7, 11) is 4.08. The molecule has 0 aromatic heterocycles. The molecule has 0 saturated heterocycles. The molecule has 2 aromatic rings. The summed E-state index contributed by atoms with van der Waals surface area (Å²) >= 11 is 2.35. The third kappa shape index (κ3) is 3.34. The molecule has 0 atom stereocenters. The van der Waals surface area contributed by atoms with Gasteiger partial charge in [0.05, 0.1) is 5.69 Å². The highest BCUT2D eigenvalue weighted by Gasteiger charge is 2.02. The molecule has 0 spiro atoms. The van der Waals surface area contributed by atoms with Gasteiger partial charge in [-0.1, -0.05) is 24.0 Å². The van der Waals surface area contributed by atoms with Crippen LogP contribution in [-0.2, 0) is 0 Å². The average molecular weight is 375 g/mol. The molecule has 0 unspecified atom stereocenters. The summed E-state index contributed by atoms with van der Waals surface area (Å²) in [4.78, 5) is 2.09. The highest BCUT2D eigenvalue weighted by atomic mass is 127. The second kappa shape index (κ2) is 6.32. The zero-order valence-corrected chi connectivity index (χ0v) is 14.4. The summed E-state index contributed by atoms with van der Waals surface area (Å²) in [5.74, 6) is 6.61. The lowest BCUT2D eigenvalue weighted by atomic mass is 10.1. The first-order valence-electron chi connectivity index (χ1n) is 6.54. The molecule has 0 bridgehead atoms. The zero-order chi connectivity index (χ0) is 14.7. The van der Waals surface area contributed by atoms with Crippen molar-refractivity contribution in [2.75, 3.05) is 19.0 Å². The standard InChI is InChI=1S/C18H18IN/c1-13-11-16(17(19)12-14(13)2)10-9-15-7-5-6-8-18(15)20(3)4/h5-8,11-12H,1-4H3. The number of halogens is 1. The summed E-state index contributed by atoms with van der Waals surface area (Å²) in [6, 6.07) is 12.6. The number of anilines is 1. The molecule has 102 valence electrons. The van der Waals surface area contributed by atoms with Crippen molar-refractivity contribution in [1.82, 2.24) is 0 Å². The fourth-order valence-corrected chi connectivity index (χ4v) is 2.74. The summed E-state index contributed by atoms with van der Waals surface area (Å²) in [6.07, 6.45) is 0. The number of rotatable bonds is 1. The third-order valence-electron chi connectivity index (χ3n) is 3.30. The lowest BCUT2D eigenvalue weighted by molar-refractivity contribution is 1.13. The Balaban J connectivity index is 2.44. The topological polar surface area (TPSA) is 3.24 Å². The van der Waals surface area contributed by atoms with E-state index in [1.54, 1.807) is 0 Å². The number of benzene rings is 2. The van der Waals surface area contributed by atoms with Crippen molar-refractivity contribution in [3.05, 3.63) is 62.2 Å². The maximum Gasteiger partial charge on any atom is 0.0520 e. The maximum absolute atomic E-state index is 3.31. The van der Waals surface area contributed by atoms with E-state index in [2.05, 4.69) is 77.4 Å². The summed E-state index contributed by atoms with van der Waals surface area (Å²) < 4.78 is 1.21. The molecule has 0 N–H and O–H groups in total. The van der Waals surface area contributed by atoms with Crippen molar-refractivity contribution < 1.29 is 0 Å². The number of nitrogens with zero attached hydrogens (tertiary/aromatic N) is 1.